The molecule has 6 nitrogen and oxygen atoms in total. The summed E-state index contributed by atoms with van der Waals surface area (Å²) in [5, 5.41) is 27.8. The lowest BCUT2D eigenvalue weighted by molar-refractivity contribution is -0.176. The van der Waals surface area contributed by atoms with E-state index in [1.165, 1.54) is 12.8 Å². The van der Waals surface area contributed by atoms with Gasteiger partial charge >= 0.3 is 6.03 Å². The normalized spacial score (nSPS) is 42.9. The molecule has 4 bridgehead atoms. The van der Waals surface area contributed by atoms with Crippen LogP contribution in [0.3, 0.4) is 0 Å². The number of aliphatic hydroxyl groups excluding tert-OH is 1. The third-order valence-electron chi connectivity index (χ3n) is 17.8. The van der Waals surface area contributed by atoms with Crippen LogP contribution in [-0.4, -0.2) is 51.7 Å². The van der Waals surface area contributed by atoms with Gasteiger partial charge in [0.2, 0.25) is 0 Å². The Kier molecular flexibility index (Phi) is 8.45. The van der Waals surface area contributed by atoms with E-state index in [0.717, 1.165) is 65.3 Å². The number of nitrogens with one attached hydrogen (secondary N) is 1. The van der Waals surface area contributed by atoms with Crippen molar-refractivity contribution in [2.24, 2.45) is 56.7 Å². The molecule has 290 valence electrons. The number of rotatable bonds is 8. The van der Waals surface area contributed by atoms with Crippen LogP contribution in [0.2, 0.25) is 0 Å². The van der Waals surface area contributed by atoms with Crippen molar-refractivity contribution in [3.8, 4) is 0 Å². The molecule has 54 heavy (non-hydrogen) atoms. The third kappa shape index (κ3) is 5.01. The Balaban J connectivity index is 1.08. The number of carbonyl (C=O) groups excluding carboxylic acids is 2. The van der Waals surface area contributed by atoms with E-state index in [9.17, 15) is 19.8 Å². The highest BCUT2D eigenvalue weighted by atomic mass is 32.1. The molecule has 2 amide bonds. The van der Waals surface area contributed by atoms with Gasteiger partial charge in [-0.2, -0.15) is 0 Å². The summed E-state index contributed by atoms with van der Waals surface area (Å²) in [6.07, 6.45) is 15.9. The molecule has 11 rings (SSSR count). The SMILES string of the molecule is Cc1ccc(C(=O)C2=C[C@@]34C=C[C@@]25[C@@H]2CC[C@@](O)(CN(C[C@@H]6CC[C@H]7C[C@@H]6C7(C)C)C(=O)N[C@H](C)c6ccccc6)[C@@]2(C)CC[C@@H]5[C@@]3(C)CCC(O)C4)s1. The summed E-state index contributed by atoms with van der Waals surface area (Å²) < 4.78 is 0. The van der Waals surface area contributed by atoms with Crippen molar-refractivity contribution in [1.29, 1.82) is 0 Å². The van der Waals surface area contributed by atoms with Crippen LogP contribution in [0.25, 0.3) is 0 Å². The van der Waals surface area contributed by atoms with Crippen LogP contribution < -0.4 is 5.32 Å². The molecule has 2 spiro atoms. The summed E-state index contributed by atoms with van der Waals surface area (Å²) in [6.45, 7) is 14.7. The number of thiophene rings is 1. The van der Waals surface area contributed by atoms with Gasteiger partial charge in [0.25, 0.3) is 0 Å². The number of aryl methyl sites for hydroxylation is 1. The van der Waals surface area contributed by atoms with E-state index in [1.807, 2.05) is 35.2 Å². The number of urea groups is 1. The van der Waals surface area contributed by atoms with E-state index in [4.69, 9.17) is 0 Å². The first kappa shape index (κ1) is 36.9. The Labute approximate surface area is 326 Å². The number of hydrogen-bond donors (Lipinski definition) is 3. The van der Waals surface area contributed by atoms with Crippen LogP contribution >= 0.6 is 11.3 Å². The molecule has 0 aliphatic heterocycles. The van der Waals surface area contributed by atoms with Gasteiger partial charge in [0.15, 0.2) is 5.78 Å². The smallest absolute Gasteiger partial charge is 0.317 e. The van der Waals surface area contributed by atoms with E-state index in [2.05, 4.69) is 77.2 Å². The second kappa shape index (κ2) is 12.4. The Bertz CT molecular complexity index is 1900. The predicted octanol–water partition coefficient (Wildman–Crippen LogP) is 9.68. The molecule has 1 heterocycles. The van der Waals surface area contributed by atoms with Crippen LogP contribution in [-0.2, 0) is 0 Å². The zero-order valence-electron chi connectivity index (χ0n) is 33.4. The lowest BCUT2D eigenvalue weighted by atomic mass is 9.32. The van der Waals surface area contributed by atoms with Gasteiger partial charge in [-0.25, -0.2) is 4.79 Å². The van der Waals surface area contributed by atoms with E-state index in [0.29, 0.717) is 43.2 Å². The van der Waals surface area contributed by atoms with Crippen LogP contribution in [0, 0.1) is 63.6 Å². The summed E-state index contributed by atoms with van der Waals surface area (Å²) in [6, 6.07) is 14.0. The molecule has 12 atom stereocenters. The average Bonchev–Trinajstić information content (AvgIpc) is 3.70. The highest BCUT2D eigenvalue weighted by Crippen LogP contribution is 2.78. The molecular weight excluding hydrogens is 689 g/mol. The Morgan fingerprint density at radius 1 is 0.926 bits per heavy atom. The standard InChI is InChI=1S/C47H62N2O4S/c1-29-12-15-37(54-29)40(51)36-26-45-22-23-47(36)38(43(45,5)19-16-34(50)25-45)17-20-44(6)39(47)18-21-46(44,53)28-49(27-32-13-14-33-24-35(32)42(33,3)4)41(52)48-30(2)31-10-8-7-9-11-31/h7-12,15,22-23,26,30,32-35,38-39,50,53H,13-14,16-21,24-25,27-28H2,1-6H3,(H,48,52)/t30-,32+,33+,34?,35+,38-,39-,43-,44+,45+,46-,47-/m1/s1. The van der Waals surface area contributed by atoms with Gasteiger partial charge in [0.05, 0.1) is 29.2 Å². The molecule has 2 aromatic rings. The van der Waals surface area contributed by atoms with E-state index in [-0.39, 0.29) is 46.6 Å². The van der Waals surface area contributed by atoms with E-state index in [1.54, 1.807) is 11.3 Å². The lowest BCUT2D eigenvalue weighted by Gasteiger charge is -2.71. The number of carbonyl (C=O) groups is 2. The first-order valence-corrected chi connectivity index (χ1v) is 21.9. The van der Waals surface area contributed by atoms with Gasteiger partial charge in [-0.1, -0.05) is 76.3 Å². The number of benzene rings is 1. The Hall–Kier alpha value is -2.74. The van der Waals surface area contributed by atoms with E-state index >= 15 is 0 Å². The summed E-state index contributed by atoms with van der Waals surface area (Å²) in [5.41, 5.74) is -0.269. The summed E-state index contributed by atoms with van der Waals surface area (Å²) in [5.74, 6) is 2.22. The molecule has 3 N–H and O–H groups in total. The van der Waals surface area contributed by atoms with Gasteiger partial charge in [-0.15, -0.1) is 11.3 Å². The van der Waals surface area contributed by atoms with Crippen molar-refractivity contribution in [2.75, 3.05) is 13.1 Å². The molecular formula is C47H62N2O4S. The zero-order valence-corrected chi connectivity index (χ0v) is 34.2. The van der Waals surface area contributed by atoms with Crippen LogP contribution in [0.1, 0.15) is 125 Å². The first-order valence-electron chi connectivity index (χ1n) is 21.1. The van der Waals surface area contributed by atoms with Gasteiger partial charge in [0, 0.05) is 33.2 Å². The second-order valence-corrected chi connectivity index (χ2v) is 21.5. The van der Waals surface area contributed by atoms with Crippen molar-refractivity contribution >= 4 is 23.2 Å². The number of hydrogen-bond acceptors (Lipinski definition) is 5. The van der Waals surface area contributed by atoms with Crippen LogP contribution in [0.5, 0.6) is 0 Å². The first-order chi connectivity index (χ1) is 25.6. The maximum absolute atomic E-state index is 14.9. The fourth-order valence-corrected chi connectivity index (χ4v) is 15.2. The lowest BCUT2D eigenvalue weighted by Crippen LogP contribution is -2.67. The summed E-state index contributed by atoms with van der Waals surface area (Å²) >= 11 is 1.57. The highest BCUT2D eigenvalue weighted by Gasteiger charge is 2.74. The van der Waals surface area contributed by atoms with Gasteiger partial charge in [-0.3, -0.25) is 4.79 Å². The minimum absolute atomic E-state index is 0.0531. The minimum Gasteiger partial charge on any atom is -0.393 e. The molecule has 1 aromatic carbocycles. The molecule has 9 aliphatic rings. The maximum Gasteiger partial charge on any atom is 0.317 e. The Morgan fingerprint density at radius 2 is 1.65 bits per heavy atom. The highest BCUT2D eigenvalue weighted by molar-refractivity contribution is 7.14. The number of amides is 2. The number of Topliss-reactive ketones (excluding diaryl/α,β-unsaturated/α-hetero) is 1. The molecule has 9 aliphatic carbocycles. The van der Waals surface area contributed by atoms with Gasteiger partial charge in [0.1, 0.15) is 0 Å². The number of fused-ring (bicyclic) bond motifs is 3. The molecule has 1 aromatic heterocycles. The molecule has 7 heteroatoms. The van der Waals surface area contributed by atoms with Crippen molar-refractivity contribution in [3.05, 3.63) is 81.6 Å². The molecule has 6 saturated carbocycles. The largest absolute Gasteiger partial charge is 0.393 e. The van der Waals surface area contributed by atoms with Crippen LogP contribution in [0.15, 0.2) is 66.3 Å². The topological polar surface area (TPSA) is 89.9 Å². The number of nitrogens with zero attached hydrogens (tertiary/aromatic N) is 1. The van der Waals surface area contributed by atoms with Gasteiger partial charge in [-0.05, 0) is 136 Å². The molecule has 0 saturated heterocycles. The van der Waals surface area contributed by atoms with E-state index < -0.39 is 16.4 Å². The Morgan fingerprint density at radius 3 is 2.35 bits per heavy atom. The summed E-state index contributed by atoms with van der Waals surface area (Å²) in [7, 11) is 0. The number of ketones is 1. The van der Waals surface area contributed by atoms with Crippen molar-refractivity contribution < 1.29 is 19.8 Å². The second-order valence-electron chi connectivity index (χ2n) is 20.2. The average molecular weight is 751 g/mol. The molecule has 6 fully saturated rings. The fraction of sp³-hybridized carbons (Fsp3) is 0.660. The fourth-order valence-electron chi connectivity index (χ4n) is 14.4. The summed E-state index contributed by atoms with van der Waals surface area (Å²) in [4.78, 5) is 33.4. The van der Waals surface area contributed by atoms with Crippen molar-refractivity contribution in [1.82, 2.24) is 10.2 Å². The van der Waals surface area contributed by atoms with Gasteiger partial charge < -0.3 is 20.4 Å². The molecule has 1 unspecified atom stereocenters. The molecule has 0 radical (unpaired) electrons. The number of allylic oxidation sites excluding steroid dienone is 4. The van der Waals surface area contributed by atoms with Crippen molar-refractivity contribution in [3.63, 3.8) is 0 Å². The van der Waals surface area contributed by atoms with Crippen LogP contribution in [0.4, 0.5) is 4.79 Å². The quantitative estimate of drug-likeness (QED) is 0.185. The third-order valence-corrected chi connectivity index (χ3v) is 18.8. The monoisotopic (exact) mass is 750 g/mol. The zero-order chi connectivity index (χ0) is 38.1. The number of aliphatic hydroxyl groups is 2. The maximum atomic E-state index is 14.9. The van der Waals surface area contributed by atoms with Crippen molar-refractivity contribution in [2.45, 2.75) is 123 Å². The predicted molar refractivity (Wildman–Crippen MR) is 215 cm³/mol. The minimum atomic E-state index is -1.10.